The zero-order chi connectivity index (χ0) is 20.5. The predicted octanol–water partition coefficient (Wildman–Crippen LogP) is 4.39. The van der Waals surface area contributed by atoms with Crippen LogP contribution in [-0.2, 0) is 9.59 Å². The number of carbonyl (C=O) groups excluding carboxylic acids is 2. The Morgan fingerprint density at radius 1 is 1.11 bits per heavy atom. The van der Waals surface area contributed by atoms with E-state index in [0.717, 1.165) is 28.3 Å². The summed E-state index contributed by atoms with van der Waals surface area (Å²) in [6, 6.07) is 15.0. The van der Waals surface area contributed by atoms with Crippen LogP contribution in [0.4, 0.5) is 11.4 Å². The Morgan fingerprint density at radius 2 is 1.86 bits per heavy atom. The van der Waals surface area contributed by atoms with Crippen molar-refractivity contribution < 1.29 is 9.59 Å². The Bertz CT molecular complexity index is 810. The second-order valence-corrected chi connectivity index (χ2v) is 7.61. The summed E-state index contributed by atoms with van der Waals surface area (Å²) in [6.45, 7) is 6.67. The Hall–Kier alpha value is -2.31. The van der Waals surface area contributed by atoms with Crippen LogP contribution in [0, 0.1) is 6.92 Å². The summed E-state index contributed by atoms with van der Waals surface area (Å²) in [6.07, 6.45) is 2.86. The molecule has 0 heterocycles. The number of nitrogens with one attached hydrogen (secondary N) is 2. The van der Waals surface area contributed by atoms with E-state index in [4.69, 9.17) is 0 Å². The molecule has 0 fully saturated rings. The van der Waals surface area contributed by atoms with E-state index in [1.807, 2.05) is 80.5 Å². The van der Waals surface area contributed by atoms with Gasteiger partial charge in [-0.15, -0.1) is 11.8 Å². The summed E-state index contributed by atoms with van der Waals surface area (Å²) in [7, 11) is 0. The number of carbonyl (C=O) groups is 2. The summed E-state index contributed by atoms with van der Waals surface area (Å²) >= 11 is 1.63. The maximum absolute atomic E-state index is 12.7. The van der Waals surface area contributed by atoms with E-state index in [1.165, 1.54) is 0 Å². The van der Waals surface area contributed by atoms with Crippen molar-refractivity contribution in [2.45, 2.75) is 38.1 Å². The molecule has 0 aliphatic heterocycles. The lowest BCUT2D eigenvalue weighted by molar-refractivity contribution is -0.123. The molecular formula is C22H29N3O2S. The third-order valence-electron chi connectivity index (χ3n) is 4.54. The molecule has 2 amide bonds. The van der Waals surface area contributed by atoms with Crippen LogP contribution >= 0.6 is 11.8 Å². The van der Waals surface area contributed by atoms with Crippen molar-refractivity contribution >= 4 is 35.0 Å². The minimum absolute atomic E-state index is 0.115. The predicted molar refractivity (Wildman–Crippen MR) is 118 cm³/mol. The largest absolute Gasteiger partial charge is 0.325 e. The molecular weight excluding hydrogens is 370 g/mol. The molecule has 2 N–H and O–H groups in total. The van der Waals surface area contributed by atoms with Gasteiger partial charge in [-0.1, -0.05) is 31.2 Å². The van der Waals surface area contributed by atoms with E-state index in [2.05, 4.69) is 10.6 Å². The van der Waals surface area contributed by atoms with Gasteiger partial charge in [-0.05, 0) is 62.9 Å². The number of aryl methyl sites for hydroxylation is 1. The molecule has 1 unspecified atom stereocenters. The normalized spacial score (nSPS) is 11.9. The highest BCUT2D eigenvalue weighted by atomic mass is 32.2. The van der Waals surface area contributed by atoms with Crippen LogP contribution in [0.2, 0.25) is 0 Å². The van der Waals surface area contributed by atoms with E-state index in [1.54, 1.807) is 11.8 Å². The first-order chi connectivity index (χ1) is 13.4. The molecule has 0 saturated heterocycles. The van der Waals surface area contributed by atoms with E-state index < -0.39 is 6.04 Å². The van der Waals surface area contributed by atoms with Crippen molar-refractivity contribution in [1.82, 2.24) is 4.90 Å². The van der Waals surface area contributed by atoms with E-state index in [9.17, 15) is 9.59 Å². The Labute approximate surface area is 171 Å². The Kier molecular flexibility index (Phi) is 8.54. The standard InChI is InChI=1S/C22H29N3O2S/c1-5-13-25(15-21(26)24-20-12-7-6-9-16(20)2)17(3)22(27)23-18-10-8-11-19(14-18)28-4/h6-12,14,17H,5,13,15H2,1-4H3,(H,23,27)(H,24,26). The maximum Gasteiger partial charge on any atom is 0.241 e. The van der Waals surface area contributed by atoms with Crippen LogP contribution in [0.25, 0.3) is 0 Å². The highest BCUT2D eigenvalue weighted by Gasteiger charge is 2.23. The number of thioether (sulfide) groups is 1. The zero-order valence-electron chi connectivity index (χ0n) is 17.0. The van der Waals surface area contributed by atoms with E-state index >= 15 is 0 Å². The fourth-order valence-corrected chi connectivity index (χ4v) is 3.36. The Morgan fingerprint density at radius 3 is 2.54 bits per heavy atom. The number of hydrogen-bond donors (Lipinski definition) is 2. The van der Waals surface area contributed by atoms with Gasteiger partial charge in [-0.25, -0.2) is 0 Å². The average molecular weight is 400 g/mol. The van der Waals surface area contributed by atoms with Crippen molar-refractivity contribution in [2.24, 2.45) is 0 Å². The molecule has 0 aliphatic carbocycles. The van der Waals surface area contributed by atoms with Crippen LogP contribution in [0.1, 0.15) is 25.8 Å². The molecule has 0 saturated carbocycles. The topological polar surface area (TPSA) is 61.4 Å². The fourth-order valence-electron chi connectivity index (χ4n) is 2.90. The van der Waals surface area contributed by atoms with Gasteiger partial charge < -0.3 is 10.6 Å². The summed E-state index contributed by atoms with van der Waals surface area (Å²) in [5.41, 5.74) is 2.58. The molecule has 0 radical (unpaired) electrons. The molecule has 1 atom stereocenters. The van der Waals surface area contributed by atoms with Gasteiger partial charge in [0, 0.05) is 16.3 Å². The lowest BCUT2D eigenvalue weighted by Gasteiger charge is -2.27. The first-order valence-electron chi connectivity index (χ1n) is 9.49. The average Bonchev–Trinajstić information content (AvgIpc) is 2.69. The molecule has 0 aromatic heterocycles. The first-order valence-corrected chi connectivity index (χ1v) is 10.7. The van der Waals surface area contributed by atoms with Crippen molar-refractivity contribution in [1.29, 1.82) is 0 Å². The van der Waals surface area contributed by atoms with E-state index in [0.29, 0.717) is 6.54 Å². The highest BCUT2D eigenvalue weighted by Crippen LogP contribution is 2.19. The van der Waals surface area contributed by atoms with Gasteiger partial charge in [-0.3, -0.25) is 14.5 Å². The van der Waals surface area contributed by atoms with Gasteiger partial charge in [0.2, 0.25) is 11.8 Å². The van der Waals surface area contributed by atoms with Crippen molar-refractivity contribution in [3.8, 4) is 0 Å². The van der Waals surface area contributed by atoms with Crippen LogP contribution in [0.15, 0.2) is 53.4 Å². The lowest BCUT2D eigenvalue weighted by Crippen LogP contribution is -2.46. The molecule has 150 valence electrons. The van der Waals surface area contributed by atoms with Gasteiger partial charge in [0.05, 0.1) is 12.6 Å². The van der Waals surface area contributed by atoms with Crippen LogP contribution in [0.3, 0.4) is 0 Å². The second-order valence-electron chi connectivity index (χ2n) is 6.73. The summed E-state index contributed by atoms with van der Waals surface area (Å²) in [5.74, 6) is -0.234. The smallest absolute Gasteiger partial charge is 0.241 e. The van der Waals surface area contributed by atoms with Gasteiger partial charge in [0.25, 0.3) is 0 Å². The number of nitrogens with zero attached hydrogens (tertiary/aromatic N) is 1. The number of hydrogen-bond acceptors (Lipinski definition) is 4. The van der Waals surface area contributed by atoms with Crippen molar-refractivity contribution in [3.05, 3.63) is 54.1 Å². The number of rotatable bonds is 9. The minimum atomic E-state index is -0.416. The van der Waals surface area contributed by atoms with Gasteiger partial charge in [-0.2, -0.15) is 0 Å². The van der Waals surface area contributed by atoms with Crippen molar-refractivity contribution in [2.75, 3.05) is 30.0 Å². The summed E-state index contributed by atoms with van der Waals surface area (Å²) < 4.78 is 0. The van der Waals surface area contributed by atoms with Crippen molar-refractivity contribution in [3.63, 3.8) is 0 Å². The molecule has 6 heteroatoms. The first kappa shape index (κ1) is 22.0. The van der Waals surface area contributed by atoms with Crippen LogP contribution in [-0.4, -0.2) is 42.1 Å². The van der Waals surface area contributed by atoms with Crippen LogP contribution in [0.5, 0.6) is 0 Å². The molecule has 2 aromatic carbocycles. The summed E-state index contributed by atoms with van der Waals surface area (Å²) in [4.78, 5) is 28.3. The molecule has 28 heavy (non-hydrogen) atoms. The van der Waals surface area contributed by atoms with Crippen LogP contribution < -0.4 is 10.6 Å². The SMILES string of the molecule is CCCN(CC(=O)Nc1ccccc1C)C(C)C(=O)Nc1cccc(SC)c1. The molecule has 5 nitrogen and oxygen atoms in total. The van der Waals surface area contributed by atoms with Gasteiger partial charge in [0.15, 0.2) is 0 Å². The number of amides is 2. The molecule has 0 bridgehead atoms. The number of para-hydroxylation sites is 1. The second kappa shape index (κ2) is 10.9. The molecule has 2 rings (SSSR count). The summed E-state index contributed by atoms with van der Waals surface area (Å²) in [5, 5.41) is 5.90. The molecule has 0 aliphatic rings. The third-order valence-corrected chi connectivity index (χ3v) is 5.27. The molecule has 2 aromatic rings. The minimum Gasteiger partial charge on any atom is -0.325 e. The van der Waals surface area contributed by atoms with Gasteiger partial charge >= 0.3 is 0 Å². The lowest BCUT2D eigenvalue weighted by atomic mass is 10.2. The number of benzene rings is 2. The highest BCUT2D eigenvalue weighted by molar-refractivity contribution is 7.98. The van der Waals surface area contributed by atoms with Gasteiger partial charge in [0.1, 0.15) is 0 Å². The monoisotopic (exact) mass is 399 g/mol. The zero-order valence-corrected chi connectivity index (χ0v) is 17.8. The number of anilines is 2. The van der Waals surface area contributed by atoms with E-state index in [-0.39, 0.29) is 18.4 Å². The maximum atomic E-state index is 12.7. The molecule has 0 spiro atoms. The quantitative estimate of drug-likeness (QED) is 0.614. The third kappa shape index (κ3) is 6.39. The fraction of sp³-hybridized carbons (Fsp3) is 0.364. The Balaban J connectivity index is 2.01.